The van der Waals surface area contributed by atoms with Gasteiger partial charge in [-0.25, -0.2) is 0 Å². The van der Waals surface area contributed by atoms with Crippen molar-refractivity contribution in [2.24, 2.45) is 0 Å². The summed E-state index contributed by atoms with van der Waals surface area (Å²) in [6.07, 6.45) is 0. The maximum absolute atomic E-state index is 11.4. The fourth-order valence-electron chi connectivity index (χ4n) is 1.45. The molecule has 0 aliphatic rings. The van der Waals surface area contributed by atoms with Crippen molar-refractivity contribution in [1.29, 1.82) is 0 Å². The van der Waals surface area contributed by atoms with Crippen LogP contribution < -0.4 is 11.1 Å². The summed E-state index contributed by atoms with van der Waals surface area (Å²) in [5, 5.41) is 13.3. The van der Waals surface area contributed by atoms with Crippen LogP contribution in [0.4, 0.5) is 11.4 Å². The lowest BCUT2D eigenvalue weighted by molar-refractivity contribution is 0.0240. The number of hydrogen-bond donors (Lipinski definition) is 3. The largest absolute Gasteiger partial charge is 0.398 e. The highest BCUT2D eigenvalue weighted by molar-refractivity contribution is 6.00. The normalized spacial score (nSPS) is 12.3. The molecule has 0 fully saturated rings. The molecule has 0 saturated carbocycles. The molecule has 0 unspecified atom stereocenters. The Morgan fingerprint density at radius 2 is 1.83 bits per heavy atom. The molecule has 0 spiro atoms. The van der Waals surface area contributed by atoms with Crippen LogP contribution in [0, 0.1) is 0 Å². The Morgan fingerprint density at radius 1 is 1.28 bits per heavy atom. The second-order valence-corrected chi connectivity index (χ2v) is 5.67. The molecule has 4 N–H and O–H groups in total. The minimum atomic E-state index is -0.898. The van der Waals surface area contributed by atoms with Crippen LogP contribution in [0.25, 0.3) is 0 Å². The van der Waals surface area contributed by atoms with Gasteiger partial charge in [0.1, 0.15) is 0 Å². The zero-order valence-electron chi connectivity index (χ0n) is 11.7. The van der Waals surface area contributed by atoms with Gasteiger partial charge in [-0.05, 0) is 52.8 Å². The van der Waals surface area contributed by atoms with Crippen molar-refractivity contribution < 1.29 is 9.90 Å². The Bertz CT molecular complexity index is 459. The van der Waals surface area contributed by atoms with E-state index in [1.54, 1.807) is 32.0 Å². The fourth-order valence-corrected chi connectivity index (χ4v) is 1.45. The average Bonchev–Trinajstić information content (AvgIpc) is 2.18. The summed E-state index contributed by atoms with van der Waals surface area (Å²) >= 11 is 0. The quantitative estimate of drug-likeness (QED) is 0.566. The third kappa shape index (κ3) is 3.01. The molecule has 18 heavy (non-hydrogen) atoms. The van der Waals surface area contributed by atoms with Crippen molar-refractivity contribution in [3.8, 4) is 0 Å². The maximum Gasteiger partial charge on any atom is 0.161 e. The van der Waals surface area contributed by atoms with E-state index in [-0.39, 0.29) is 5.78 Å². The zero-order chi connectivity index (χ0) is 14.1. The lowest BCUT2D eigenvalue weighted by atomic mass is 9.85. The van der Waals surface area contributed by atoms with Crippen molar-refractivity contribution in [2.45, 2.75) is 45.8 Å². The van der Waals surface area contributed by atoms with Crippen molar-refractivity contribution in [3.05, 3.63) is 23.8 Å². The van der Waals surface area contributed by atoms with E-state index < -0.39 is 11.1 Å². The number of nitrogens with one attached hydrogen (secondary N) is 1. The Kier molecular flexibility index (Phi) is 3.72. The van der Waals surface area contributed by atoms with E-state index in [1.165, 1.54) is 6.92 Å². The van der Waals surface area contributed by atoms with E-state index >= 15 is 0 Å². The molecule has 4 nitrogen and oxygen atoms in total. The number of nitrogen functional groups attached to an aromatic ring is 1. The summed E-state index contributed by atoms with van der Waals surface area (Å²) in [6.45, 7) is 8.76. The SMILES string of the molecule is CC(=O)c1cc(NC(C)(C)C(C)(C)O)ccc1N. The van der Waals surface area contributed by atoms with Gasteiger partial charge in [0, 0.05) is 16.9 Å². The number of rotatable bonds is 4. The van der Waals surface area contributed by atoms with Crippen molar-refractivity contribution in [3.63, 3.8) is 0 Å². The Hall–Kier alpha value is -1.55. The van der Waals surface area contributed by atoms with Gasteiger partial charge in [-0.2, -0.15) is 0 Å². The first-order chi connectivity index (χ1) is 8.04. The number of nitrogens with two attached hydrogens (primary N) is 1. The predicted octanol–water partition coefficient (Wildman–Crippen LogP) is 2.43. The van der Waals surface area contributed by atoms with Crippen LogP contribution in [0.5, 0.6) is 0 Å². The van der Waals surface area contributed by atoms with Crippen LogP contribution in [-0.4, -0.2) is 22.0 Å². The number of Topliss-reactive ketones (excluding diaryl/α,β-unsaturated/α-hetero) is 1. The van der Waals surface area contributed by atoms with Gasteiger partial charge in [0.15, 0.2) is 5.78 Å². The zero-order valence-corrected chi connectivity index (χ0v) is 11.7. The molecule has 0 saturated heterocycles. The molecule has 0 heterocycles. The second-order valence-electron chi connectivity index (χ2n) is 5.67. The Morgan fingerprint density at radius 3 is 2.28 bits per heavy atom. The van der Waals surface area contributed by atoms with Crippen LogP contribution in [0.1, 0.15) is 45.0 Å². The first-order valence-electron chi connectivity index (χ1n) is 5.95. The maximum atomic E-state index is 11.4. The van der Waals surface area contributed by atoms with Gasteiger partial charge in [-0.1, -0.05) is 0 Å². The van der Waals surface area contributed by atoms with Gasteiger partial charge in [0.05, 0.1) is 11.1 Å². The lowest BCUT2D eigenvalue weighted by Gasteiger charge is -2.39. The third-order valence-electron chi connectivity index (χ3n) is 3.42. The molecule has 1 aromatic carbocycles. The smallest absolute Gasteiger partial charge is 0.161 e. The van der Waals surface area contributed by atoms with E-state index in [0.717, 1.165) is 5.69 Å². The van der Waals surface area contributed by atoms with Gasteiger partial charge in [0.2, 0.25) is 0 Å². The van der Waals surface area contributed by atoms with Crippen molar-refractivity contribution >= 4 is 17.2 Å². The van der Waals surface area contributed by atoms with Gasteiger partial charge in [-0.15, -0.1) is 0 Å². The van der Waals surface area contributed by atoms with Crippen LogP contribution in [0.2, 0.25) is 0 Å². The summed E-state index contributed by atoms with van der Waals surface area (Å²) in [5.41, 5.74) is 6.04. The molecule has 100 valence electrons. The number of anilines is 2. The van der Waals surface area contributed by atoms with Crippen LogP contribution in [0.3, 0.4) is 0 Å². The number of carbonyl (C=O) groups is 1. The highest BCUT2D eigenvalue weighted by atomic mass is 16.3. The van der Waals surface area contributed by atoms with Crippen LogP contribution in [0.15, 0.2) is 18.2 Å². The van der Waals surface area contributed by atoms with Gasteiger partial charge in [-0.3, -0.25) is 4.79 Å². The molecule has 1 aromatic rings. The predicted molar refractivity (Wildman–Crippen MR) is 74.9 cm³/mol. The highest BCUT2D eigenvalue weighted by Crippen LogP contribution is 2.27. The Labute approximate surface area is 108 Å². The van der Waals surface area contributed by atoms with E-state index in [0.29, 0.717) is 11.3 Å². The van der Waals surface area contributed by atoms with Gasteiger partial charge in [0.25, 0.3) is 0 Å². The van der Waals surface area contributed by atoms with E-state index in [9.17, 15) is 9.90 Å². The van der Waals surface area contributed by atoms with Crippen LogP contribution in [-0.2, 0) is 0 Å². The molecule has 0 amide bonds. The first kappa shape index (κ1) is 14.5. The van der Waals surface area contributed by atoms with Gasteiger partial charge >= 0.3 is 0 Å². The topological polar surface area (TPSA) is 75.3 Å². The molecule has 1 rings (SSSR count). The number of ketones is 1. The average molecular weight is 250 g/mol. The molecular formula is C14H22N2O2. The first-order valence-corrected chi connectivity index (χ1v) is 5.95. The summed E-state index contributed by atoms with van der Waals surface area (Å²) in [7, 11) is 0. The highest BCUT2D eigenvalue weighted by Gasteiger charge is 2.34. The molecular weight excluding hydrogens is 228 g/mol. The fraction of sp³-hybridized carbons (Fsp3) is 0.500. The Balaban J connectivity index is 3.07. The van der Waals surface area contributed by atoms with E-state index in [1.807, 2.05) is 13.8 Å². The van der Waals surface area contributed by atoms with E-state index in [4.69, 9.17) is 5.73 Å². The van der Waals surface area contributed by atoms with Crippen molar-refractivity contribution in [2.75, 3.05) is 11.1 Å². The number of hydrogen-bond acceptors (Lipinski definition) is 4. The molecule has 0 aromatic heterocycles. The third-order valence-corrected chi connectivity index (χ3v) is 3.42. The lowest BCUT2D eigenvalue weighted by Crippen LogP contribution is -2.51. The minimum absolute atomic E-state index is 0.0720. The van der Waals surface area contributed by atoms with E-state index in [2.05, 4.69) is 5.32 Å². The number of aliphatic hydroxyl groups is 1. The summed E-state index contributed by atoms with van der Waals surface area (Å²) < 4.78 is 0. The standard InChI is InChI=1S/C14H22N2O2/c1-9(17)11-8-10(6-7-12(11)15)16-13(2,3)14(4,5)18/h6-8,16,18H,15H2,1-5H3. The van der Waals surface area contributed by atoms with Crippen molar-refractivity contribution in [1.82, 2.24) is 0 Å². The second kappa shape index (κ2) is 4.61. The number of carbonyl (C=O) groups excluding carboxylic acids is 1. The monoisotopic (exact) mass is 250 g/mol. The molecule has 0 atom stereocenters. The van der Waals surface area contributed by atoms with Crippen LogP contribution >= 0.6 is 0 Å². The molecule has 4 heteroatoms. The summed E-state index contributed by atoms with van der Waals surface area (Å²) in [6, 6.07) is 5.21. The molecule has 0 aliphatic carbocycles. The molecule has 0 bridgehead atoms. The summed E-state index contributed by atoms with van der Waals surface area (Å²) in [5.74, 6) is -0.0720. The van der Waals surface area contributed by atoms with Gasteiger partial charge < -0.3 is 16.2 Å². The molecule has 0 aliphatic heterocycles. The molecule has 0 radical (unpaired) electrons. The summed E-state index contributed by atoms with van der Waals surface area (Å²) in [4.78, 5) is 11.4. The minimum Gasteiger partial charge on any atom is -0.398 e. The number of benzene rings is 1.